The minimum atomic E-state index is 0.632. The lowest BCUT2D eigenvalue weighted by Gasteiger charge is -2.29. The zero-order valence-corrected chi connectivity index (χ0v) is 11.4. The summed E-state index contributed by atoms with van der Waals surface area (Å²) in [6.45, 7) is 11.0. The van der Waals surface area contributed by atoms with E-state index in [1.807, 2.05) is 12.1 Å². The van der Waals surface area contributed by atoms with E-state index >= 15 is 0 Å². The van der Waals surface area contributed by atoms with Gasteiger partial charge in [-0.25, -0.2) is 0 Å². The van der Waals surface area contributed by atoms with Crippen LogP contribution in [0.2, 0.25) is 0 Å². The highest BCUT2D eigenvalue weighted by molar-refractivity contribution is 5.69. The molecule has 0 atom stereocenters. The maximum atomic E-state index is 5.87. The molecule has 96 valence electrons. The standard InChI is InChI=1S/C14H25N3/c1-10(2)8-17(9-11(3)4)12-5-6-13(15)14(16)7-12/h5-7,10-11H,8-9,15-16H2,1-4H3. The molecule has 1 aromatic rings. The van der Waals surface area contributed by atoms with Crippen molar-refractivity contribution in [3.8, 4) is 0 Å². The summed E-state index contributed by atoms with van der Waals surface area (Å²) in [5.41, 5.74) is 14.1. The molecule has 0 bridgehead atoms. The fourth-order valence-electron chi connectivity index (χ4n) is 1.93. The van der Waals surface area contributed by atoms with E-state index in [0.29, 0.717) is 23.2 Å². The fraction of sp³-hybridized carbons (Fsp3) is 0.571. The first-order chi connectivity index (χ1) is 7.90. The third-order valence-electron chi connectivity index (χ3n) is 2.61. The molecule has 0 aliphatic rings. The van der Waals surface area contributed by atoms with E-state index in [1.165, 1.54) is 5.69 Å². The predicted octanol–water partition coefficient (Wildman–Crippen LogP) is 2.97. The Morgan fingerprint density at radius 1 is 0.941 bits per heavy atom. The molecule has 0 fully saturated rings. The van der Waals surface area contributed by atoms with Crippen LogP contribution in [0.3, 0.4) is 0 Å². The van der Waals surface area contributed by atoms with Gasteiger partial charge in [0.15, 0.2) is 0 Å². The zero-order valence-electron chi connectivity index (χ0n) is 11.4. The number of nitrogens with two attached hydrogens (primary N) is 2. The number of benzene rings is 1. The van der Waals surface area contributed by atoms with E-state index in [-0.39, 0.29) is 0 Å². The molecule has 0 saturated heterocycles. The van der Waals surface area contributed by atoms with Crippen LogP contribution in [0, 0.1) is 11.8 Å². The van der Waals surface area contributed by atoms with E-state index < -0.39 is 0 Å². The molecule has 0 amide bonds. The van der Waals surface area contributed by atoms with Gasteiger partial charge in [-0.1, -0.05) is 27.7 Å². The van der Waals surface area contributed by atoms with Crippen molar-refractivity contribution in [2.75, 3.05) is 29.5 Å². The van der Waals surface area contributed by atoms with Gasteiger partial charge in [0, 0.05) is 18.8 Å². The summed E-state index contributed by atoms with van der Waals surface area (Å²) >= 11 is 0. The molecule has 3 heteroatoms. The number of hydrogen-bond acceptors (Lipinski definition) is 3. The van der Waals surface area contributed by atoms with Crippen molar-refractivity contribution >= 4 is 17.1 Å². The number of nitrogens with zero attached hydrogens (tertiary/aromatic N) is 1. The minimum Gasteiger partial charge on any atom is -0.397 e. The maximum Gasteiger partial charge on any atom is 0.0568 e. The summed E-state index contributed by atoms with van der Waals surface area (Å²) in [6, 6.07) is 5.91. The molecule has 1 aromatic carbocycles. The second-order valence-electron chi connectivity index (χ2n) is 5.51. The Hall–Kier alpha value is -1.38. The number of hydrogen-bond donors (Lipinski definition) is 2. The smallest absolute Gasteiger partial charge is 0.0568 e. The van der Waals surface area contributed by atoms with Crippen LogP contribution < -0.4 is 16.4 Å². The highest BCUT2D eigenvalue weighted by Gasteiger charge is 2.11. The highest BCUT2D eigenvalue weighted by atomic mass is 15.1. The van der Waals surface area contributed by atoms with Crippen LogP contribution in [0.5, 0.6) is 0 Å². The van der Waals surface area contributed by atoms with Gasteiger partial charge >= 0.3 is 0 Å². The SMILES string of the molecule is CC(C)CN(CC(C)C)c1ccc(N)c(N)c1. The normalized spacial score (nSPS) is 11.2. The first-order valence-electron chi connectivity index (χ1n) is 6.30. The van der Waals surface area contributed by atoms with Crippen LogP contribution in [0.25, 0.3) is 0 Å². The van der Waals surface area contributed by atoms with Crippen LogP contribution in [0.4, 0.5) is 17.1 Å². The largest absolute Gasteiger partial charge is 0.397 e. The summed E-state index contributed by atoms with van der Waals surface area (Å²) in [5.74, 6) is 1.26. The monoisotopic (exact) mass is 235 g/mol. The van der Waals surface area contributed by atoms with Gasteiger partial charge in [0.2, 0.25) is 0 Å². The van der Waals surface area contributed by atoms with Gasteiger partial charge in [-0.2, -0.15) is 0 Å². The first kappa shape index (κ1) is 13.7. The fourth-order valence-corrected chi connectivity index (χ4v) is 1.93. The lowest BCUT2D eigenvalue weighted by atomic mass is 10.1. The van der Waals surface area contributed by atoms with Gasteiger partial charge < -0.3 is 16.4 Å². The van der Waals surface area contributed by atoms with Crippen molar-refractivity contribution in [1.82, 2.24) is 0 Å². The minimum absolute atomic E-state index is 0.632. The highest BCUT2D eigenvalue weighted by Crippen LogP contribution is 2.24. The average Bonchev–Trinajstić information content (AvgIpc) is 2.19. The quantitative estimate of drug-likeness (QED) is 0.771. The molecule has 4 N–H and O–H groups in total. The summed E-state index contributed by atoms with van der Waals surface area (Å²) < 4.78 is 0. The Labute approximate surface area is 105 Å². The summed E-state index contributed by atoms with van der Waals surface area (Å²) in [6.07, 6.45) is 0. The summed E-state index contributed by atoms with van der Waals surface area (Å²) in [5, 5.41) is 0. The predicted molar refractivity (Wildman–Crippen MR) is 77.2 cm³/mol. The molecular weight excluding hydrogens is 210 g/mol. The average molecular weight is 235 g/mol. The van der Waals surface area contributed by atoms with Crippen molar-refractivity contribution in [1.29, 1.82) is 0 Å². The van der Waals surface area contributed by atoms with Crippen molar-refractivity contribution in [3.63, 3.8) is 0 Å². The van der Waals surface area contributed by atoms with Crippen molar-refractivity contribution in [2.45, 2.75) is 27.7 Å². The Morgan fingerprint density at radius 3 is 1.88 bits per heavy atom. The van der Waals surface area contributed by atoms with Gasteiger partial charge in [-0.3, -0.25) is 0 Å². The Balaban J connectivity index is 2.91. The van der Waals surface area contributed by atoms with Crippen LogP contribution >= 0.6 is 0 Å². The van der Waals surface area contributed by atoms with E-state index in [4.69, 9.17) is 11.5 Å². The van der Waals surface area contributed by atoms with Crippen LogP contribution in [0.1, 0.15) is 27.7 Å². The first-order valence-corrected chi connectivity index (χ1v) is 6.30. The number of rotatable bonds is 5. The molecule has 3 nitrogen and oxygen atoms in total. The molecule has 1 rings (SSSR count). The second-order valence-corrected chi connectivity index (χ2v) is 5.51. The van der Waals surface area contributed by atoms with E-state index in [1.54, 1.807) is 0 Å². The molecule has 0 aromatic heterocycles. The molecule has 0 unspecified atom stereocenters. The molecular formula is C14H25N3. The Bertz CT molecular complexity index is 348. The van der Waals surface area contributed by atoms with E-state index in [0.717, 1.165) is 13.1 Å². The summed E-state index contributed by atoms with van der Waals surface area (Å²) in [4.78, 5) is 2.38. The van der Waals surface area contributed by atoms with Gasteiger partial charge in [0.05, 0.1) is 11.4 Å². The van der Waals surface area contributed by atoms with Gasteiger partial charge in [-0.05, 0) is 30.0 Å². The lowest BCUT2D eigenvalue weighted by molar-refractivity contribution is 0.553. The van der Waals surface area contributed by atoms with Crippen molar-refractivity contribution in [3.05, 3.63) is 18.2 Å². The maximum absolute atomic E-state index is 5.87. The molecule has 0 heterocycles. The van der Waals surface area contributed by atoms with Crippen LogP contribution in [-0.4, -0.2) is 13.1 Å². The Kier molecular flexibility index (Phi) is 4.67. The van der Waals surface area contributed by atoms with Gasteiger partial charge in [-0.15, -0.1) is 0 Å². The molecule has 0 aliphatic heterocycles. The van der Waals surface area contributed by atoms with Crippen LogP contribution in [-0.2, 0) is 0 Å². The summed E-state index contributed by atoms with van der Waals surface area (Å²) in [7, 11) is 0. The topological polar surface area (TPSA) is 55.3 Å². The number of nitrogen functional groups attached to an aromatic ring is 2. The Morgan fingerprint density at radius 2 is 1.47 bits per heavy atom. The van der Waals surface area contributed by atoms with Crippen molar-refractivity contribution in [2.24, 2.45) is 11.8 Å². The second kappa shape index (κ2) is 5.80. The molecule has 17 heavy (non-hydrogen) atoms. The third kappa shape index (κ3) is 4.17. The number of anilines is 3. The van der Waals surface area contributed by atoms with Crippen LogP contribution in [0.15, 0.2) is 18.2 Å². The van der Waals surface area contributed by atoms with Crippen molar-refractivity contribution < 1.29 is 0 Å². The zero-order chi connectivity index (χ0) is 13.0. The lowest BCUT2D eigenvalue weighted by Crippen LogP contribution is -2.31. The molecule has 0 radical (unpaired) electrons. The van der Waals surface area contributed by atoms with E-state index in [2.05, 4.69) is 38.7 Å². The molecule has 0 aliphatic carbocycles. The third-order valence-corrected chi connectivity index (χ3v) is 2.61. The van der Waals surface area contributed by atoms with Gasteiger partial charge in [0.1, 0.15) is 0 Å². The molecule has 0 saturated carbocycles. The molecule has 0 spiro atoms. The van der Waals surface area contributed by atoms with Gasteiger partial charge in [0.25, 0.3) is 0 Å². The van der Waals surface area contributed by atoms with E-state index in [9.17, 15) is 0 Å².